The van der Waals surface area contributed by atoms with Gasteiger partial charge in [-0.2, -0.15) is 0 Å². The van der Waals surface area contributed by atoms with Crippen LogP contribution < -0.4 is 5.32 Å². The molecule has 2 nitrogen and oxygen atoms in total. The van der Waals surface area contributed by atoms with Crippen LogP contribution in [0.25, 0.3) is 0 Å². The van der Waals surface area contributed by atoms with Crippen molar-refractivity contribution in [1.82, 2.24) is 5.32 Å². The van der Waals surface area contributed by atoms with Gasteiger partial charge in [-0.05, 0) is 32.6 Å². The summed E-state index contributed by atoms with van der Waals surface area (Å²) in [6, 6.07) is 1.03. The first-order chi connectivity index (χ1) is 7.63. The van der Waals surface area contributed by atoms with E-state index in [0.717, 1.165) is 38.7 Å². The van der Waals surface area contributed by atoms with Crippen molar-refractivity contribution in [3.8, 4) is 12.3 Å². The molecule has 1 aliphatic rings. The SMILES string of the molecule is C#CCC(CC)NC1CCOC(C)(CC)C1. The lowest BCUT2D eigenvalue weighted by molar-refractivity contribution is -0.0790. The zero-order valence-electron chi connectivity index (χ0n) is 10.9. The van der Waals surface area contributed by atoms with Gasteiger partial charge < -0.3 is 10.1 Å². The first-order valence-corrected chi connectivity index (χ1v) is 6.47. The van der Waals surface area contributed by atoms with Gasteiger partial charge in [-0.15, -0.1) is 12.3 Å². The average molecular weight is 223 g/mol. The van der Waals surface area contributed by atoms with Crippen LogP contribution in [0.4, 0.5) is 0 Å². The van der Waals surface area contributed by atoms with Crippen molar-refractivity contribution >= 4 is 0 Å². The van der Waals surface area contributed by atoms with Crippen LogP contribution in [-0.2, 0) is 4.74 Å². The van der Waals surface area contributed by atoms with Crippen LogP contribution in [0.5, 0.6) is 0 Å². The maximum atomic E-state index is 5.84. The molecule has 3 atom stereocenters. The van der Waals surface area contributed by atoms with E-state index in [1.165, 1.54) is 0 Å². The van der Waals surface area contributed by atoms with Crippen molar-refractivity contribution in [2.24, 2.45) is 0 Å². The molecule has 1 saturated heterocycles. The van der Waals surface area contributed by atoms with E-state index in [1.807, 2.05) is 0 Å². The van der Waals surface area contributed by atoms with E-state index < -0.39 is 0 Å². The molecule has 1 N–H and O–H groups in total. The summed E-state index contributed by atoms with van der Waals surface area (Å²) in [6.07, 6.45) is 10.6. The fraction of sp³-hybridized carbons (Fsp3) is 0.857. The van der Waals surface area contributed by atoms with Crippen LogP contribution >= 0.6 is 0 Å². The third kappa shape index (κ3) is 3.81. The highest BCUT2D eigenvalue weighted by atomic mass is 16.5. The van der Waals surface area contributed by atoms with Gasteiger partial charge in [-0.3, -0.25) is 0 Å². The summed E-state index contributed by atoms with van der Waals surface area (Å²) < 4.78 is 5.84. The second kappa shape index (κ2) is 6.27. The van der Waals surface area contributed by atoms with Gasteiger partial charge in [0.1, 0.15) is 0 Å². The highest BCUT2D eigenvalue weighted by Gasteiger charge is 2.32. The second-order valence-electron chi connectivity index (χ2n) is 5.02. The number of ether oxygens (including phenoxy) is 1. The van der Waals surface area contributed by atoms with Crippen LogP contribution in [0, 0.1) is 12.3 Å². The Labute approximate surface area is 100 Å². The van der Waals surface area contributed by atoms with Crippen LogP contribution in [0.15, 0.2) is 0 Å². The number of nitrogens with one attached hydrogen (secondary N) is 1. The molecule has 3 unspecified atom stereocenters. The Kier molecular flexibility index (Phi) is 5.31. The van der Waals surface area contributed by atoms with Gasteiger partial charge >= 0.3 is 0 Å². The minimum Gasteiger partial charge on any atom is -0.375 e. The van der Waals surface area contributed by atoms with Gasteiger partial charge in [0.15, 0.2) is 0 Å². The topological polar surface area (TPSA) is 21.3 Å². The molecule has 0 amide bonds. The maximum Gasteiger partial charge on any atom is 0.0666 e. The molecule has 0 spiro atoms. The molecule has 2 heteroatoms. The van der Waals surface area contributed by atoms with Crippen molar-refractivity contribution in [2.75, 3.05) is 6.61 Å². The van der Waals surface area contributed by atoms with Crippen molar-refractivity contribution in [2.45, 2.75) is 70.6 Å². The summed E-state index contributed by atoms with van der Waals surface area (Å²) in [4.78, 5) is 0. The normalized spacial score (nSPS) is 32.0. The maximum absolute atomic E-state index is 5.84. The Bertz CT molecular complexity index is 246. The summed E-state index contributed by atoms with van der Waals surface area (Å²) in [7, 11) is 0. The smallest absolute Gasteiger partial charge is 0.0666 e. The monoisotopic (exact) mass is 223 g/mol. The predicted molar refractivity (Wildman–Crippen MR) is 68.3 cm³/mol. The van der Waals surface area contributed by atoms with E-state index in [0.29, 0.717) is 12.1 Å². The fourth-order valence-corrected chi connectivity index (χ4v) is 2.32. The molecule has 0 aromatic rings. The Morgan fingerprint density at radius 1 is 1.56 bits per heavy atom. The van der Waals surface area contributed by atoms with Crippen LogP contribution in [-0.4, -0.2) is 24.3 Å². The Hall–Kier alpha value is -0.520. The van der Waals surface area contributed by atoms with E-state index in [2.05, 4.69) is 32.0 Å². The van der Waals surface area contributed by atoms with Gasteiger partial charge in [0.2, 0.25) is 0 Å². The summed E-state index contributed by atoms with van der Waals surface area (Å²) in [5, 5.41) is 3.67. The summed E-state index contributed by atoms with van der Waals surface area (Å²) in [5.74, 6) is 2.75. The first kappa shape index (κ1) is 13.5. The van der Waals surface area contributed by atoms with Crippen LogP contribution in [0.2, 0.25) is 0 Å². The standard InChI is InChI=1S/C14H25NO/c1-5-8-12(6-2)15-13-9-10-16-14(4,7-3)11-13/h1,12-13,15H,6-11H2,2-4H3. The lowest BCUT2D eigenvalue weighted by Gasteiger charge is -2.39. The number of terminal acetylenes is 1. The molecule has 1 rings (SSSR count). The molecule has 0 aliphatic carbocycles. The molecule has 0 bridgehead atoms. The lowest BCUT2D eigenvalue weighted by atomic mass is 9.89. The number of hydrogen-bond donors (Lipinski definition) is 1. The van der Waals surface area contributed by atoms with E-state index in [4.69, 9.17) is 11.2 Å². The highest BCUT2D eigenvalue weighted by Crippen LogP contribution is 2.28. The van der Waals surface area contributed by atoms with Gasteiger partial charge in [-0.25, -0.2) is 0 Å². The summed E-state index contributed by atoms with van der Waals surface area (Å²) in [5.41, 5.74) is 0.0599. The van der Waals surface area contributed by atoms with Crippen LogP contribution in [0.1, 0.15) is 52.9 Å². The zero-order chi connectivity index (χ0) is 12.0. The number of hydrogen-bond acceptors (Lipinski definition) is 2. The molecule has 0 aromatic carbocycles. The molecule has 0 radical (unpaired) electrons. The predicted octanol–water partition coefficient (Wildman–Crippen LogP) is 2.73. The second-order valence-corrected chi connectivity index (χ2v) is 5.02. The Balaban J connectivity index is 2.45. The molecule has 0 aromatic heterocycles. The minimum absolute atomic E-state index is 0.0599. The van der Waals surface area contributed by atoms with Crippen molar-refractivity contribution < 1.29 is 4.74 Å². The first-order valence-electron chi connectivity index (χ1n) is 6.47. The van der Waals surface area contributed by atoms with Gasteiger partial charge in [0.25, 0.3) is 0 Å². The van der Waals surface area contributed by atoms with Gasteiger partial charge in [0, 0.05) is 25.1 Å². The molecule has 16 heavy (non-hydrogen) atoms. The van der Waals surface area contributed by atoms with E-state index >= 15 is 0 Å². The summed E-state index contributed by atoms with van der Waals surface area (Å²) >= 11 is 0. The molecular weight excluding hydrogens is 198 g/mol. The van der Waals surface area contributed by atoms with Crippen molar-refractivity contribution in [3.05, 3.63) is 0 Å². The van der Waals surface area contributed by atoms with E-state index in [9.17, 15) is 0 Å². The van der Waals surface area contributed by atoms with Gasteiger partial charge in [-0.1, -0.05) is 13.8 Å². The molecule has 1 fully saturated rings. The zero-order valence-corrected chi connectivity index (χ0v) is 10.9. The quantitative estimate of drug-likeness (QED) is 0.724. The minimum atomic E-state index is 0.0599. The Morgan fingerprint density at radius 3 is 2.88 bits per heavy atom. The fourth-order valence-electron chi connectivity index (χ4n) is 2.32. The Morgan fingerprint density at radius 2 is 2.31 bits per heavy atom. The van der Waals surface area contributed by atoms with E-state index in [1.54, 1.807) is 0 Å². The lowest BCUT2D eigenvalue weighted by Crippen LogP contribution is -2.48. The third-order valence-corrected chi connectivity index (χ3v) is 3.67. The molecule has 1 aliphatic heterocycles. The van der Waals surface area contributed by atoms with E-state index in [-0.39, 0.29) is 5.60 Å². The highest BCUT2D eigenvalue weighted by molar-refractivity contribution is 4.92. The molecule has 92 valence electrons. The van der Waals surface area contributed by atoms with Crippen LogP contribution in [0.3, 0.4) is 0 Å². The molecule has 1 heterocycles. The molecular formula is C14H25NO. The van der Waals surface area contributed by atoms with Gasteiger partial charge in [0.05, 0.1) is 5.60 Å². The third-order valence-electron chi connectivity index (χ3n) is 3.67. The van der Waals surface area contributed by atoms with Crippen molar-refractivity contribution in [1.29, 1.82) is 0 Å². The largest absolute Gasteiger partial charge is 0.375 e. The average Bonchev–Trinajstić information content (AvgIpc) is 2.29. The molecule has 0 saturated carbocycles. The number of rotatable bonds is 5. The van der Waals surface area contributed by atoms with Crippen molar-refractivity contribution in [3.63, 3.8) is 0 Å². The summed E-state index contributed by atoms with van der Waals surface area (Å²) in [6.45, 7) is 7.46.